The minimum absolute atomic E-state index is 0.0678. The monoisotopic (exact) mass is 319 g/mol. The molecule has 0 amide bonds. The van der Waals surface area contributed by atoms with Gasteiger partial charge in [0.2, 0.25) is 17.3 Å². The van der Waals surface area contributed by atoms with Crippen molar-refractivity contribution < 1.29 is 14.5 Å². The molecule has 24 heavy (non-hydrogen) atoms. The molecule has 1 aliphatic carbocycles. The van der Waals surface area contributed by atoms with Crippen LogP contribution in [0.5, 0.6) is 0 Å². The van der Waals surface area contributed by atoms with E-state index in [9.17, 15) is 14.8 Å². The lowest BCUT2D eigenvalue weighted by Crippen LogP contribution is -2.41. The van der Waals surface area contributed by atoms with Crippen LogP contribution in [-0.4, -0.2) is 21.3 Å². The Morgan fingerprint density at radius 2 is 1.54 bits per heavy atom. The molecule has 0 N–H and O–H groups in total. The van der Waals surface area contributed by atoms with Gasteiger partial charge in [-0.1, -0.05) is 54.6 Å². The van der Waals surface area contributed by atoms with Crippen molar-refractivity contribution >= 4 is 11.6 Å². The number of ketones is 2. The summed E-state index contributed by atoms with van der Waals surface area (Å²) in [6.07, 6.45) is 0.564. The van der Waals surface area contributed by atoms with Crippen LogP contribution in [0.25, 0.3) is 0 Å². The van der Waals surface area contributed by atoms with E-state index in [1.165, 1.54) is 4.68 Å². The second-order valence-electron chi connectivity index (χ2n) is 5.61. The molecule has 0 fully saturated rings. The standard InChI is InChI=1S/C18H13N3O3/c22-17-13-8-4-5-9-14(13)18(23)16-15(17)19-21(24)20(16)11-10-12-6-2-1-3-7-12/h1-9H,10-11H2. The molecule has 2 aromatic carbocycles. The van der Waals surface area contributed by atoms with Crippen molar-refractivity contribution in [1.29, 1.82) is 0 Å². The predicted octanol–water partition coefficient (Wildman–Crippen LogP) is 1.53. The number of hydrogen-bond donors (Lipinski definition) is 0. The number of aryl methyl sites for hydroxylation is 1. The average Bonchev–Trinajstić information content (AvgIpc) is 2.95. The summed E-state index contributed by atoms with van der Waals surface area (Å²) in [5.74, 6) is -0.723. The molecule has 0 atom stereocenters. The normalized spacial score (nSPS) is 12.8. The van der Waals surface area contributed by atoms with E-state index in [1.807, 2.05) is 30.3 Å². The molecule has 0 aliphatic heterocycles. The number of fused-ring (bicyclic) bond motifs is 2. The van der Waals surface area contributed by atoms with E-state index in [-0.39, 0.29) is 29.5 Å². The Bertz CT molecular complexity index is 961. The molecule has 1 heterocycles. The minimum atomic E-state index is -0.386. The highest BCUT2D eigenvalue weighted by Crippen LogP contribution is 2.25. The molecular weight excluding hydrogens is 306 g/mol. The third kappa shape index (κ3) is 2.11. The molecule has 1 aromatic heterocycles. The zero-order valence-electron chi connectivity index (χ0n) is 12.7. The van der Waals surface area contributed by atoms with Gasteiger partial charge in [0.15, 0.2) is 5.69 Å². The fraction of sp³-hybridized carbons (Fsp3) is 0.111. The van der Waals surface area contributed by atoms with Crippen LogP contribution in [0, 0.1) is 5.21 Å². The van der Waals surface area contributed by atoms with Gasteiger partial charge < -0.3 is 5.21 Å². The van der Waals surface area contributed by atoms with Gasteiger partial charge in [-0.3, -0.25) is 9.59 Å². The smallest absolute Gasteiger partial charge is 0.220 e. The van der Waals surface area contributed by atoms with E-state index in [0.29, 0.717) is 22.5 Å². The number of aromatic nitrogens is 3. The fourth-order valence-electron chi connectivity index (χ4n) is 2.98. The van der Waals surface area contributed by atoms with Crippen LogP contribution in [0.1, 0.15) is 37.7 Å². The number of carbonyl (C=O) groups excluding carboxylic acids is 2. The van der Waals surface area contributed by atoms with E-state index in [2.05, 4.69) is 5.10 Å². The van der Waals surface area contributed by atoms with Crippen LogP contribution >= 0.6 is 0 Å². The van der Waals surface area contributed by atoms with Crippen LogP contribution in [0.4, 0.5) is 0 Å². The second kappa shape index (κ2) is 5.42. The molecule has 1 aliphatic rings. The molecule has 3 aromatic rings. The number of carbonyl (C=O) groups is 2. The van der Waals surface area contributed by atoms with Crippen molar-refractivity contribution in [2.75, 3.05) is 0 Å². The van der Waals surface area contributed by atoms with Crippen LogP contribution in [-0.2, 0) is 13.0 Å². The number of rotatable bonds is 3. The molecule has 0 spiro atoms. The van der Waals surface area contributed by atoms with Gasteiger partial charge in [0.05, 0.1) is 6.54 Å². The molecule has 6 nitrogen and oxygen atoms in total. The highest BCUT2D eigenvalue weighted by molar-refractivity contribution is 6.26. The maximum absolute atomic E-state index is 12.7. The Balaban J connectivity index is 1.75. The summed E-state index contributed by atoms with van der Waals surface area (Å²) >= 11 is 0. The van der Waals surface area contributed by atoms with Crippen molar-refractivity contribution in [3.63, 3.8) is 0 Å². The molecule has 0 saturated heterocycles. The van der Waals surface area contributed by atoms with Crippen molar-refractivity contribution in [1.82, 2.24) is 9.78 Å². The highest BCUT2D eigenvalue weighted by Gasteiger charge is 2.38. The topological polar surface area (TPSA) is 78.9 Å². The van der Waals surface area contributed by atoms with Gasteiger partial charge in [-0.15, -0.1) is 4.68 Å². The maximum Gasteiger partial charge on any atom is 0.220 e. The van der Waals surface area contributed by atoms with Gasteiger partial charge >= 0.3 is 0 Å². The molecule has 0 unspecified atom stereocenters. The lowest BCUT2D eigenvalue weighted by molar-refractivity contribution is -0.749. The number of nitrogens with zero attached hydrogens (tertiary/aromatic N) is 3. The van der Waals surface area contributed by atoms with Crippen molar-refractivity contribution in [3.05, 3.63) is 87.9 Å². The SMILES string of the molecule is O=C1c2ccccc2C(=O)c2c1n[n+]([O-])n2CCc1ccccc1. The number of hydrogen-bond acceptors (Lipinski definition) is 4. The fourth-order valence-corrected chi connectivity index (χ4v) is 2.98. The van der Waals surface area contributed by atoms with Crippen molar-refractivity contribution in [2.24, 2.45) is 0 Å². The van der Waals surface area contributed by atoms with Gasteiger partial charge in [-0.25, -0.2) is 0 Å². The Kier molecular flexibility index (Phi) is 3.23. The summed E-state index contributed by atoms with van der Waals surface area (Å²) in [5, 5.41) is 15.9. The van der Waals surface area contributed by atoms with Gasteiger partial charge in [-0.2, -0.15) is 0 Å². The summed E-state index contributed by atoms with van der Waals surface area (Å²) < 4.78 is 1.23. The summed E-state index contributed by atoms with van der Waals surface area (Å²) in [4.78, 5) is 25.6. The third-order valence-corrected chi connectivity index (χ3v) is 4.18. The average molecular weight is 319 g/mol. The van der Waals surface area contributed by atoms with E-state index in [4.69, 9.17) is 0 Å². The Morgan fingerprint density at radius 1 is 0.917 bits per heavy atom. The van der Waals surface area contributed by atoms with E-state index >= 15 is 0 Å². The minimum Gasteiger partial charge on any atom is -0.571 e. The zero-order chi connectivity index (χ0) is 16.7. The van der Waals surface area contributed by atoms with Crippen LogP contribution < -0.4 is 4.96 Å². The largest absolute Gasteiger partial charge is 0.571 e. The third-order valence-electron chi connectivity index (χ3n) is 4.18. The van der Waals surface area contributed by atoms with Gasteiger partial charge in [0.1, 0.15) is 0 Å². The Hall–Kier alpha value is -3.28. The molecule has 118 valence electrons. The van der Waals surface area contributed by atoms with Crippen molar-refractivity contribution in [2.45, 2.75) is 13.0 Å². The molecular formula is C18H13N3O3. The lowest BCUT2D eigenvalue weighted by Gasteiger charge is -2.12. The molecule has 4 rings (SSSR count). The first-order valence-electron chi connectivity index (χ1n) is 7.60. The summed E-state index contributed by atoms with van der Waals surface area (Å²) in [7, 11) is 0. The quantitative estimate of drug-likeness (QED) is 0.424. The van der Waals surface area contributed by atoms with Crippen LogP contribution in [0.2, 0.25) is 0 Å². The zero-order valence-corrected chi connectivity index (χ0v) is 12.7. The maximum atomic E-state index is 12.7. The first-order chi connectivity index (χ1) is 11.7. The van der Waals surface area contributed by atoms with E-state index < -0.39 is 0 Å². The lowest BCUT2D eigenvalue weighted by atomic mass is 9.90. The summed E-state index contributed by atoms with van der Waals surface area (Å²) in [6.45, 7) is 0.275. The number of benzene rings is 2. The molecule has 6 heteroatoms. The summed E-state index contributed by atoms with van der Waals surface area (Å²) in [5.41, 5.74) is 1.65. The summed E-state index contributed by atoms with van der Waals surface area (Å²) in [6, 6.07) is 16.2. The Labute approximate surface area is 137 Å². The first-order valence-corrected chi connectivity index (χ1v) is 7.60. The molecule has 0 radical (unpaired) electrons. The molecule has 0 bridgehead atoms. The van der Waals surface area contributed by atoms with Gasteiger partial charge in [0.25, 0.3) is 0 Å². The van der Waals surface area contributed by atoms with Crippen LogP contribution in [0.15, 0.2) is 54.6 Å². The Morgan fingerprint density at radius 3 is 2.25 bits per heavy atom. The van der Waals surface area contributed by atoms with Crippen molar-refractivity contribution in [3.8, 4) is 0 Å². The molecule has 0 saturated carbocycles. The highest BCUT2D eigenvalue weighted by atomic mass is 16.5. The predicted molar refractivity (Wildman–Crippen MR) is 84.6 cm³/mol. The second-order valence-corrected chi connectivity index (χ2v) is 5.61. The van der Waals surface area contributed by atoms with Gasteiger partial charge in [-0.05, 0) is 12.0 Å². The van der Waals surface area contributed by atoms with E-state index in [1.54, 1.807) is 24.3 Å². The van der Waals surface area contributed by atoms with E-state index in [0.717, 1.165) is 5.56 Å². The van der Waals surface area contributed by atoms with Crippen LogP contribution in [0.3, 0.4) is 0 Å². The first kappa shape index (κ1) is 14.3. The van der Waals surface area contributed by atoms with Gasteiger partial charge in [0, 0.05) is 21.2 Å².